The van der Waals surface area contributed by atoms with Crippen molar-refractivity contribution < 1.29 is 18.0 Å². The summed E-state index contributed by atoms with van der Waals surface area (Å²) in [4.78, 5) is 17.1. The molecule has 0 aliphatic heterocycles. The summed E-state index contributed by atoms with van der Waals surface area (Å²) in [5, 5.41) is 12.1. The summed E-state index contributed by atoms with van der Waals surface area (Å²) in [5.41, 5.74) is 2.39. The quantitative estimate of drug-likeness (QED) is 0.424. The van der Waals surface area contributed by atoms with E-state index in [2.05, 4.69) is 20.7 Å². The van der Waals surface area contributed by atoms with Crippen molar-refractivity contribution >= 4 is 34.1 Å². The van der Waals surface area contributed by atoms with Crippen LogP contribution < -0.4 is 10.6 Å². The average Bonchev–Trinajstić information content (AvgIpc) is 3.23. The van der Waals surface area contributed by atoms with Crippen molar-refractivity contribution in [2.75, 3.05) is 5.32 Å². The summed E-state index contributed by atoms with van der Waals surface area (Å²) < 4.78 is 42.3. The Balaban J connectivity index is 1.35. The first-order valence-corrected chi connectivity index (χ1v) is 12.9. The van der Waals surface area contributed by atoms with Gasteiger partial charge in [0.2, 0.25) is 0 Å². The third-order valence-corrected chi connectivity index (χ3v) is 7.40. The maximum absolute atomic E-state index is 13.5. The fourth-order valence-corrected chi connectivity index (χ4v) is 5.65. The highest BCUT2D eigenvalue weighted by Crippen LogP contribution is 2.35. The molecule has 1 fully saturated rings. The number of hydrogen-bond donors (Lipinski definition) is 2. The molecule has 1 amide bonds. The number of rotatable bonds is 5. The molecule has 5 rings (SSSR count). The minimum absolute atomic E-state index is 0.0815. The molecular weight excluding hydrogens is 491 g/mol. The van der Waals surface area contributed by atoms with Crippen molar-refractivity contribution in [3.63, 3.8) is 0 Å². The average molecular weight is 520 g/mol. The van der Waals surface area contributed by atoms with Gasteiger partial charge in [-0.3, -0.25) is 9.48 Å². The third-order valence-electron chi connectivity index (χ3n) is 7.17. The van der Waals surface area contributed by atoms with Crippen molar-refractivity contribution in [1.82, 2.24) is 20.1 Å². The zero-order valence-electron chi connectivity index (χ0n) is 20.1. The maximum atomic E-state index is 13.5. The van der Waals surface area contributed by atoms with Gasteiger partial charge in [0.05, 0.1) is 11.2 Å². The molecule has 0 spiro atoms. The molecule has 2 atom stereocenters. The van der Waals surface area contributed by atoms with Crippen molar-refractivity contribution in [2.24, 2.45) is 0 Å². The maximum Gasteiger partial charge on any atom is 0.433 e. The van der Waals surface area contributed by atoms with Gasteiger partial charge in [0, 0.05) is 40.3 Å². The van der Waals surface area contributed by atoms with E-state index >= 15 is 0 Å². The second-order valence-corrected chi connectivity index (χ2v) is 10.1. The normalized spacial score (nSPS) is 20.2. The number of benzene rings is 1. The molecule has 2 aromatic heterocycles. The molecule has 2 heterocycles. The Hall–Kier alpha value is -2.81. The molecule has 2 aliphatic rings. The van der Waals surface area contributed by atoms with Crippen LogP contribution in [0.1, 0.15) is 72.9 Å². The van der Waals surface area contributed by atoms with Crippen molar-refractivity contribution in [3.05, 3.63) is 51.9 Å². The molecule has 6 nitrogen and oxygen atoms in total. The smallest absolute Gasteiger partial charge is 0.382 e. The summed E-state index contributed by atoms with van der Waals surface area (Å²) in [6, 6.07) is 5.53. The van der Waals surface area contributed by atoms with Gasteiger partial charge in [-0.25, -0.2) is 4.98 Å². The molecule has 2 aliphatic carbocycles. The molecule has 3 aromatic rings. The minimum Gasteiger partial charge on any atom is -0.382 e. The molecule has 0 saturated heterocycles. The zero-order valence-corrected chi connectivity index (χ0v) is 20.8. The molecule has 2 N–H and O–H groups in total. The number of hydrogen-bond acceptors (Lipinski definition) is 4. The second kappa shape index (κ2) is 9.92. The number of anilines is 1. The number of alkyl halides is 3. The lowest BCUT2D eigenvalue weighted by atomic mass is 9.90. The van der Waals surface area contributed by atoms with E-state index in [9.17, 15) is 18.0 Å². The van der Waals surface area contributed by atoms with Gasteiger partial charge in [0.25, 0.3) is 5.91 Å². The third kappa shape index (κ3) is 5.03. The van der Waals surface area contributed by atoms with Crippen LogP contribution in [0, 0.1) is 0 Å². The summed E-state index contributed by atoms with van der Waals surface area (Å²) in [7, 11) is 0. The highest BCUT2D eigenvalue weighted by Gasteiger charge is 2.34. The van der Waals surface area contributed by atoms with E-state index < -0.39 is 11.9 Å². The van der Waals surface area contributed by atoms with Gasteiger partial charge in [-0.05, 0) is 82.6 Å². The number of pyridine rings is 1. The minimum atomic E-state index is -4.56. The lowest BCUT2D eigenvalue weighted by molar-refractivity contribution is -0.140. The fraction of sp³-hybridized carbons (Fsp3) is 0.500. The number of halogens is 4. The Bertz CT molecular complexity index is 1290. The molecule has 0 radical (unpaired) electrons. The largest absolute Gasteiger partial charge is 0.433 e. The number of aryl methyl sites for hydroxylation is 2. The van der Waals surface area contributed by atoms with Crippen LogP contribution in [0.15, 0.2) is 24.3 Å². The van der Waals surface area contributed by atoms with E-state index in [1.54, 1.807) is 10.7 Å². The number of aromatic nitrogens is 3. The number of fused-ring (bicyclic) bond motifs is 2. The second-order valence-electron chi connectivity index (χ2n) is 9.69. The van der Waals surface area contributed by atoms with Crippen molar-refractivity contribution in [2.45, 2.75) is 83.1 Å². The zero-order chi connectivity index (χ0) is 25.4. The lowest BCUT2D eigenvalue weighted by Crippen LogP contribution is -2.42. The summed E-state index contributed by atoms with van der Waals surface area (Å²) in [5.74, 6) is -0.112. The van der Waals surface area contributed by atoms with E-state index in [4.69, 9.17) is 11.6 Å². The van der Waals surface area contributed by atoms with Gasteiger partial charge in [-0.15, -0.1) is 0 Å². The van der Waals surface area contributed by atoms with Gasteiger partial charge in [0.1, 0.15) is 11.4 Å². The number of nitrogens with one attached hydrogen (secondary N) is 2. The van der Waals surface area contributed by atoms with Gasteiger partial charge in [-0.2, -0.15) is 18.3 Å². The first kappa shape index (κ1) is 24.9. The first-order chi connectivity index (χ1) is 17.2. The molecule has 1 unspecified atom stereocenters. The van der Waals surface area contributed by atoms with Crippen LogP contribution in [0.2, 0.25) is 5.02 Å². The van der Waals surface area contributed by atoms with E-state index in [1.165, 1.54) is 12.1 Å². The monoisotopic (exact) mass is 519 g/mol. The van der Waals surface area contributed by atoms with E-state index in [-0.39, 0.29) is 23.5 Å². The predicted octanol–water partition coefficient (Wildman–Crippen LogP) is 6.16. The Labute approximate surface area is 212 Å². The van der Waals surface area contributed by atoms with Gasteiger partial charge in [-0.1, -0.05) is 11.6 Å². The van der Waals surface area contributed by atoms with Crippen LogP contribution in [0.5, 0.6) is 0 Å². The number of amides is 1. The van der Waals surface area contributed by atoms with Crippen LogP contribution in [0.4, 0.5) is 18.9 Å². The predicted molar refractivity (Wildman–Crippen MR) is 133 cm³/mol. The number of nitrogens with zero attached hydrogens (tertiary/aromatic N) is 3. The standard InChI is InChI=1S/C26H29ClF3N5O/c1-2-35-24(18-8-3-4-9-21(18)34-35)25(36)32-17-7-5-6-16(13-17)31-22-14-23(26(28,29)30)33-20-11-10-15(27)12-19(20)22/h10-12,14,16-17H,2-9,13H2,1H3,(H,31,33)(H,32,36)/t16-,17?/m0/s1. The van der Waals surface area contributed by atoms with Crippen LogP contribution in [0.25, 0.3) is 10.9 Å². The van der Waals surface area contributed by atoms with E-state index in [1.807, 2.05) is 6.92 Å². The topological polar surface area (TPSA) is 71.8 Å². The first-order valence-electron chi connectivity index (χ1n) is 12.6. The van der Waals surface area contributed by atoms with Crippen LogP contribution in [-0.2, 0) is 25.6 Å². The number of carbonyl (C=O) groups excluding carboxylic acids is 1. The molecule has 1 saturated carbocycles. The highest BCUT2D eigenvalue weighted by molar-refractivity contribution is 6.31. The van der Waals surface area contributed by atoms with Crippen LogP contribution in [0.3, 0.4) is 0 Å². The Morgan fingerprint density at radius 2 is 1.92 bits per heavy atom. The molecule has 10 heteroatoms. The summed E-state index contributed by atoms with van der Waals surface area (Å²) >= 11 is 6.14. The van der Waals surface area contributed by atoms with Crippen molar-refractivity contribution in [1.29, 1.82) is 0 Å². The van der Waals surface area contributed by atoms with E-state index in [0.717, 1.165) is 62.3 Å². The molecule has 1 aromatic carbocycles. The Morgan fingerprint density at radius 1 is 1.14 bits per heavy atom. The molecule has 192 valence electrons. The summed E-state index contributed by atoms with van der Waals surface area (Å²) in [6.07, 6.45) is 2.44. The van der Waals surface area contributed by atoms with Gasteiger partial charge in [0.15, 0.2) is 0 Å². The number of carbonyl (C=O) groups is 1. The fourth-order valence-electron chi connectivity index (χ4n) is 5.48. The van der Waals surface area contributed by atoms with Gasteiger partial charge >= 0.3 is 6.18 Å². The Kier molecular flexibility index (Phi) is 6.85. The summed E-state index contributed by atoms with van der Waals surface area (Å²) in [6.45, 7) is 2.61. The lowest BCUT2D eigenvalue weighted by Gasteiger charge is -2.31. The Morgan fingerprint density at radius 3 is 2.69 bits per heavy atom. The highest BCUT2D eigenvalue weighted by atomic mass is 35.5. The van der Waals surface area contributed by atoms with Crippen LogP contribution >= 0.6 is 11.6 Å². The SMILES string of the molecule is CCn1nc2c(c1C(=O)NC1CCC[C@H](Nc3cc(C(F)(F)F)nc4ccc(Cl)cc34)C1)CCCC2. The molecule has 0 bridgehead atoms. The molecule has 36 heavy (non-hydrogen) atoms. The van der Waals surface area contributed by atoms with E-state index in [0.29, 0.717) is 34.8 Å². The van der Waals surface area contributed by atoms with Crippen LogP contribution in [-0.4, -0.2) is 32.8 Å². The van der Waals surface area contributed by atoms with Gasteiger partial charge < -0.3 is 10.6 Å². The molecular formula is C26H29ClF3N5O. The van der Waals surface area contributed by atoms with Crippen molar-refractivity contribution in [3.8, 4) is 0 Å².